The molecule has 0 heterocycles. The highest BCUT2D eigenvalue weighted by Gasteiger charge is 2.12. The number of ether oxygens (including phenoxy) is 1. The van der Waals surface area contributed by atoms with E-state index in [1.807, 2.05) is 0 Å². The van der Waals surface area contributed by atoms with Crippen molar-refractivity contribution in [2.45, 2.75) is 0 Å². The second kappa shape index (κ2) is 8.15. The van der Waals surface area contributed by atoms with Crippen LogP contribution < -0.4 is 10.1 Å². The van der Waals surface area contributed by atoms with E-state index in [2.05, 4.69) is 5.32 Å². The molecule has 0 unspecified atom stereocenters. The third kappa shape index (κ3) is 4.96. The number of benzene rings is 2. The Balaban J connectivity index is 2.01. The Kier molecular flexibility index (Phi) is 6.20. The Bertz CT molecular complexity index is 801. The average Bonchev–Trinajstić information content (AvgIpc) is 2.51. The minimum atomic E-state index is -0.884. The monoisotopic (exact) mass is 387 g/mol. The van der Waals surface area contributed by atoms with Crippen molar-refractivity contribution in [1.29, 1.82) is 0 Å². The Morgan fingerprint density at radius 3 is 2.29 bits per heavy atom. The first kappa shape index (κ1) is 18.3. The maximum Gasteiger partial charge on any atom is 0.336 e. The van der Waals surface area contributed by atoms with Crippen LogP contribution in [-0.2, 0) is 9.59 Å². The SMILES string of the molecule is O=C(/C=C/C(=O)Oc1c(Cl)cc(Cl)cc1Cl)Nc1ccccc1F. The number of amides is 1. The number of esters is 1. The molecular formula is C16H9Cl3FNO3. The minimum absolute atomic E-state index is 0.00990. The number of rotatable bonds is 4. The first-order valence-electron chi connectivity index (χ1n) is 6.47. The highest BCUT2D eigenvalue weighted by Crippen LogP contribution is 2.35. The van der Waals surface area contributed by atoms with Gasteiger partial charge in [0.25, 0.3) is 0 Å². The quantitative estimate of drug-likeness (QED) is 0.461. The summed E-state index contributed by atoms with van der Waals surface area (Å²) in [6.45, 7) is 0. The molecule has 0 saturated carbocycles. The third-order valence-corrected chi connectivity index (χ3v) is 3.45. The number of hydrogen-bond donors (Lipinski definition) is 1. The van der Waals surface area contributed by atoms with Gasteiger partial charge < -0.3 is 10.1 Å². The van der Waals surface area contributed by atoms with Gasteiger partial charge >= 0.3 is 5.97 Å². The highest BCUT2D eigenvalue weighted by atomic mass is 35.5. The van der Waals surface area contributed by atoms with Crippen LogP contribution in [0, 0.1) is 5.82 Å². The number of hydrogen-bond acceptors (Lipinski definition) is 3. The predicted octanol–water partition coefficient (Wildman–Crippen LogP) is 4.89. The summed E-state index contributed by atoms with van der Waals surface area (Å²) >= 11 is 17.5. The molecule has 0 atom stereocenters. The average molecular weight is 389 g/mol. The van der Waals surface area contributed by atoms with Crippen LogP contribution >= 0.6 is 34.8 Å². The molecule has 0 bridgehead atoms. The molecule has 4 nitrogen and oxygen atoms in total. The molecule has 2 rings (SSSR count). The zero-order valence-corrected chi connectivity index (χ0v) is 14.1. The van der Waals surface area contributed by atoms with Gasteiger partial charge in [0.1, 0.15) is 5.82 Å². The summed E-state index contributed by atoms with van der Waals surface area (Å²) < 4.78 is 18.3. The Morgan fingerprint density at radius 2 is 1.67 bits per heavy atom. The molecule has 0 radical (unpaired) electrons. The lowest BCUT2D eigenvalue weighted by molar-refractivity contribution is -0.129. The van der Waals surface area contributed by atoms with E-state index < -0.39 is 17.7 Å². The molecule has 8 heteroatoms. The lowest BCUT2D eigenvalue weighted by Crippen LogP contribution is -2.11. The molecule has 1 amide bonds. The van der Waals surface area contributed by atoms with Crippen LogP contribution in [0.4, 0.5) is 10.1 Å². The first-order valence-corrected chi connectivity index (χ1v) is 7.60. The van der Waals surface area contributed by atoms with Gasteiger partial charge in [0.2, 0.25) is 5.91 Å². The van der Waals surface area contributed by atoms with Crippen LogP contribution in [0.3, 0.4) is 0 Å². The van der Waals surface area contributed by atoms with E-state index >= 15 is 0 Å². The fourth-order valence-corrected chi connectivity index (χ4v) is 2.54. The zero-order chi connectivity index (χ0) is 17.7. The summed E-state index contributed by atoms with van der Waals surface area (Å²) in [6.07, 6.45) is 1.75. The van der Waals surface area contributed by atoms with Crippen molar-refractivity contribution in [3.05, 3.63) is 69.4 Å². The molecule has 2 aromatic rings. The minimum Gasteiger partial charge on any atom is -0.420 e. The Hall–Kier alpha value is -2.08. The number of para-hydroxylation sites is 1. The molecule has 0 fully saturated rings. The first-order chi connectivity index (χ1) is 11.4. The van der Waals surface area contributed by atoms with Gasteiger partial charge in [0, 0.05) is 17.2 Å². The number of carbonyl (C=O) groups excluding carboxylic acids is 2. The predicted molar refractivity (Wildman–Crippen MR) is 91.3 cm³/mol. The van der Waals surface area contributed by atoms with E-state index in [1.165, 1.54) is 30.3 Å². The second-order valence-corrected chi connectivity index (χ2v) is 5.67. The Labute approximate surface area is 151 Å². The molecule has 0 aliphatic rings. The van der Waals surface area contributed by atoms with Crippen molar-refractivity contribution >= 4 is 52.4 Å². The third-order valence-electron chi connectivity index (χ3n) is 2.67. The van der Waals surface area contributed by atoms with Crippen molar-refractivity contribution < 1.29 is 18.7 Å². The molecule has 24 heavy (non-hydrogen) atoms. The standard InChI is InChI=1S/C16H9Cl3FNO3/c17-9-7-10(18)16(11(19)8-9)24-15(23)6-5-14(22)21-13-4-2-1-3-12(13)20/h1-8H,(H,21,22)/b6-5+. The molecule has 0 spiro atoms. The molecule has 0 aliphatic heterocycles. The van der Waals surface area contributed by atoms with Gasteiger partial charge in [0.15, 0.2) is 5.75 Å². The highest BCUT2D eigenvalue weighted by molar-refractivity contribution is 6.40. The van der Waals surface area contributed by atoms with Crippen molar-refractivity contribution in [2.75, 3.05) is 5.32 Å². The lowest BCUT2D eigenvalue weighted by Gasteiger charge is -2.07. The smallest absolute Gasteiger partial charge is 0.336 e. The fraction of sp³-hybridized carbons (Fsp3) is 0. The number of nitrogens with one attached hydrogen (secondary N) is 1. The molecular weight excluding hydrogens is 380 g/mol. The van der Waals surface area contributed by atoms with Gasteiger partial charge in [0.05, 0.1) is 15.7 Å². The zero-order valence-electron chi connectivity index (χ0n) is 11.9. The normalized spacial score (nSPS) is 10.7. The molecule has 124 valence electrons. The van der Waals surface area contributed by atoms with Crippen molar-refractivity contribution in [1.82, 2.24) is 0 Å². The van der Waals surface area contributed by atoms with Crippen LogP contribution in [0.2, 0.25) is 15.1 Å². The Morgan fingerprint density at radius 1 is 1.04 bits per heavy atom. The maximum absolute atomic E-state index is 13.4. The molecule has 0 aliphatic carbocycles. The summed E-state index contributed by atoms with van der Waals surface area (Å²) in [4.78, 5) is 23.4. The van der Waals surface area contributed by atoms with Crippen molar-refractivity contribution in [3.8, 4) is 5.75 Å². The van der Waals surface area contributed by atoms with Gasteiger partial charge in [-0.3, -0.25) is 4.79 Å². The van der Waals surface area contributed by atoms with Gasteiger partial charge in [-0.15, -0.1) is 0 Å². The number of carbonyl (C=O) groups is 2. The van der Waals surface area contributed by atoms with Crippen LogP contribution in [0.25, 0.3) is 0 Å². The molecule has 0 aromatic heterocycles. The topological polar surface area (TPSA) is 55.4 Å². The van der Waals surface area contributed by atoms with E-state index in [9.17, 15) is 14.0 Å². The summed E-state index contributed by atoms with van der Waals surface area (Å²) in [7, 11) is 0. The van der Waals surface area contributed by atoms with E-state index in [-0.39, 0.29) is 26.5 Å². The van der Waals surface area contributed by atoms with Crippen LogP contribution in [0.1, 0.15) is 0 Å². The summed E-state index contributed by atoms with van der Waals surface area (Å²) in [6, 6.07) is 8.32. The van der Waals surface area contributed by atoms with Crippen molar-refractivity contribution in [2.24, 2.45) is 0 Å². The van der Waals surface area contributed by atoms with Gasteiger partial charge in [-0.2, -0.15) is 0 Å². The van der Waals surface area contributed by atoms with E-state index in [0.29, 0.717) is 0 Å². The molecule has 2 aromatic carbocycles. The molecule has 1 N–H and O–H groups in total. The maximum atomic E-state index is 13.4. The number of anilines is 1. The second-order valence-electron chi connectivity index (χ2n) is 4.42. The van der Waals surface area contributed by atoms with Crippen LogP contribution in [-0.4, -0.2) is 11.9 Å². The van der Waals surface area contributed by atoms with E-state index in [4.69, 9.17) is 39.5 Å². The van der Waals surface area contributed by atoms with Crippen LogP contribution in [0.15, 0.2) is 48.6 Å². The van der Waals surface area contributed by atoms with Gasteiger partial charge in [-0.05, 0) is 24.3 Å². The van der Waals surface area contributed by atoms with E-state index in [1.54, 1.807) is 6.07 Å². The van der Waals surface area contributed by atoms with Crippen molar-refractivity contribution in [3.63, 3.8) is 0 Å². The largest absolute Gasteiger partial charge is 0.420 e. The lowest BCUT2D eigenvalue weighted by atomic mass is 10.3. The molecule has 0 saturated heterocycles. The fourth-order valence-electron chi connectivity index (χ4n) is 1.64. The summed E-state index contributed by atoms with van der Waals surface area (Å²) in [5.74, 6) is -2.26. The van der Waals surface area contributed by atoms with E-state index in [0.717, 1.165) is 12.2 Å². The number of halogens is 4. The summed E-state index contributed by atoms with van der Waals surface area (Å²) in [5, 5.41) is 2.66. The van der Waals surface area contributed by atoms with Gasteiger partial charge in [-0.25, -0.2) is 9.18 Å². The van der Waals surface area contributed by atoms with Gasteiger partial charge in [-0.1, -0.05) is 46.9 Å². The summed E-state index contributed by atoms with van der Waals surface area (Å²) in [5.41, 5.74) is -0.00990. The van der Waals surface area contributed by atoms with Crippen LogP contribution in [0.5, 0.6) is 5.75 Å².